The Morgan fingerprint density at radius 1 is 1.47 bits per heavy atom. The van der Waals surface area contributed by atoms with Crippen molar-refractivity contribution in [1.82, 2.24) is 20.5 Å². The first-order chi connectivity index (χ1) is 9.24. The lowest BCUT2D eigenvalue weighted by Crippen LogP contribution is -2.27. The van der Waals surface area contributed by atoms with E-state index >= 15 is 0 Å². The second-order valence-corrected chi connectivity index (χ2v) is 4.61. The van der Waals surface area contributed by atoms with Gasteiger partial charge in [-0.05, 0) is 31.0 Å². The van der Waals surface area contributed by atoms with Crippen LogP contribution in [0.3, 0.4) is 0 Å². The molecule has 2 heterocycles. The van der Waals surface area contributed by atoms with E-state index in [1.54, 1.807) is 0 Å². The van der Waals surface area contributed by atoms with Crippen molar-refractivity contribution < 1.29 is 4.79 Å². The number of amides is 1. The first-order valence-corrected chi connectivity index (χ1v) is 6.27. The second-order valence-electron chi connectivity index (χ2n) is 4.61. The van der Waals surface area contributed by atoms with E-state index in [9.17, 15) is 4.79 Å². The highest BCUT2D eigenvalue weighted by Gasteiger charge is 2.16. The Balaban J connectivity index is 1.74. The van der Waals surface area contributed by atoms with Crippen LogP contribution < -0.4 is 10.6 Å². The molecule has 0 radical (unpaired) electrons. The highest BCUT2D eigenvalue weighted by molar-refractivity contribution is 5.95. The Labute approximate surface area is 110 Å². The smallest absolute Gasteiger partial charge is 0.251 e. The summed E-state index contributed by atoms with van der Waals surface area (Å²) < 4.78 is 0. The number of H-pyrrole nitrogens is 1. The molecule has 1 atom stereocenters. The van der Waals surface area contributed by atoms with Gasteiger partial charge < -0.3 is 10.6 Å². The van der Waals surface area contributed by atoms with Gasteiger partial charge in [-0.3, -0.25) is 9.89 Å². The number of benzene rings is 1. The third kappa shape index (κ3) is 2.29. The zero-order valence-corrected chi connectivity index (χ0v) is 10.6. The number of carbonyl (C=O) groups excluding carboxylic acids is 1. The van der Waals surface area contributed by atoms with Crippen LogP contribution in [0.25, 0.3) is 0 Å². The van der Waals surface area contributed by atoms with Crippen molar-refractivity contribution in [3.8, 4) is 0 Å². The lowest BCUT2D eigenvalue weighted by Gasteiger charge is -2.11. The van der Waals surface area contributed by atoms with Crippen molar-refractivity contribution >= 4 is 11.6 Å². The molecule has 0 spiro atoms. The second kappa shape index (κ2) is 4.72. The zero-order chi connectivity index (χ0) is 13.2. The number of fused-ring (bicyclic) bond motifs is 1. The van der Waals surface area contributed by atoms with Crippen LogP contribution in [-0.4, -0.2) is 27.6 Å². The summed E-state index contributed by atoms with van der Waals surface area (Å²) in [5, 5.41) is 12.7. The molecule has 2 aromatic rings. The Morgan fingerprint density at radius 2 is 2.37 bits per heavy atom. The van der Waals surface area contributed by atoms with Crippen LogP contribution >= 0.6 is 0 Å². The molecular weight excluding hydrogens is 242 g/mol. The number of aromatic nitrogens is 3. The minimum atomic E-state index is -0.198. The quantitative estimate of drug-likeness (QED) is 0.773. The van der Waals surface area contributed by atoms with E-state index < -0.39 is 0 Å². The fourth-order valence-corrected chi connectivity index (χ4v) is 2.20. The molecule has 0 fully saturated rings. The van der Waals surface area contributed by atoms with Gasteiger partial charge in [-0.25, -0.2) is 4.98 Å². The van der Waals surface area contributed by atoms with Crippen molar-refractivity contribution in [3.63, 3.8) is 0 Å². The van der Waals surface area contributed by atoms with Crippen LogP contribution in [0, 0.1) is 0 Å². The van der Waals surface area contributed by atoms with Crippen molar-refractivity contribution in [2.75, 3.05) is 11.9 Å². The molecule has 19 heavy (non-hydrogen) atoms. The van der Waals surface area contributed by atoms with E-state index in [0.717, 1.165) is 18.7 Å². The molecule has 1 aromatic carbocycles. The summed E-state index contributed by atoms with van der Waals surface area (Å²) in [7, 11) is 0. The van der Waals surface area contributed by atoms with Gasteiger partial charge in [0.25, 0.3) is 5.91 Å². The van der Waals surface area contributed by atoms with Gasteiger partial charge in [0.15, 0.2) is 0 Å². The first-order valence-electron chi connectivity index (χ1n) is 6.27. The molecule has 0 aliphatic carbocycles. The average molecular weight is 257 g/mol. The minimum Gasteiger partial charge on any atom is -0.384 e. The molecule has 1 unspecified atom stereocenters. The van der Waals surface area contributed by atoms with Gasteiger partial charge >= 0.3 is 0 Å². The van der Waals surface area contributed by atoms with Crippen LogP contribution in [0.2, 0.25) is 0 Å². The van der Waals surface area contributed by atoms with E-state index in [1.807, 2.05) is 25.1 Å². The summed E-state index contributed by atoms with van der Waals surface area (Å²) in [6, 6.07) is 5.55. The van der Waals surface area contributed by atoms with Gasteiger partial charge in [-0.2, -0.15) is 5.10 Å². The molecule has 6 nitrogen and oxygen atoms in total. The van der Waals surface area contributed by atoms with Crippen LogP contribution in [-0.2, 0) is 6.42 Å². The summed E-state index contributed by atoms with van der Waals surface area (Å²) in [5.41, 5.74) is 2.97. The van der Waals surface area contributed by atoms with Crippen LogP contribution in [0.1, 0.15) is 34.7 Å². The van der Waals surface area contributed by atoms with E-state index in [4.69, 9.17) is 0 Å². The standard InChI is InChI=1S/C13H15N5O/c1-8(12-15-7-16-18-12)17-13(19)10-3-2-9-4-5-14-11(9)6-10/h2-3,6-8,14H,4-5H2,1H3,(H,17,19)(H,15,16,18). The van der Waals surface area contributed by atoms with Gasteiger partial charge in [-0.1, -0.05) is 6.07 Å². The fourth-order valence-electron chi connectivity index (χ4n) is 2.20. The highest BCUT2D eigenvalue weighted by Crippen LogP contribution is 2.23. The monoisotopic (exact) mass is 257 g/mol. The number of carbonyl (C=O) groups is 1. The van der Waals surface area contributed by atoms with Crippen LogP contribution in [0.5, 0.6) is 0 Å². The lowest BCUT2D eigenvalue weighted by molar-refractivity contribution is 0.0938. The first kappa shape index (κ1) is 11.7. The molecule has 0 bridgehead atoms. The lowest BCUT2D eigenvalue weighted by atomic mass is 10.1. The predicted octanol–water partition coefficient (Wildman–Crippen LogP) is 1.26. The number of hydrogen-bond acceptors (Lipinski definition) is 4. The van der Waals surface area contributed by atoms with Crippen molar-refractivity contribution in [3.05, 3.63) is 41.5 Å². The number of nitrogens with one attached hydrogen (secondary N) is 3. The normalized spacial score (nSPS) is 14.6. The molecule has 3 rings (SSSR count). The van der Waals surface area contributed by atoms with Gasteiger partial charge in [0, 0.05) is 17.8 Å². The van der Waals surface area contributed by atoms with E-state index in [-0.39, 0.29) is 11.9 Å². The molecule has 0 saturated heterocycles. The highest BCUT2D eigenvalue weighted by atomic mass is 16.1. The SMILES string of the molecule is CC(NC(=O)c1ccc2c(c1)NCC2)c1ncn[nH]1. The molecule has 1 aromatic heterocycles. The maximum absolute atomic E-state index is 12.1. The van der Waals surface area contributed by atoms with Gasteiger partial charge in [0.1, 0.15) is 12.2 Å². The van der Waals surface area contributed by atoms with E-state index in [1.165, 1.54) is 11.9 Å². The number of anilines is 1. The summed E-state index contributed by atoms with van der Waals surface area (Å²) in [6.07, 6.45) is 2.45. The van der Waals surface area contributed by atoms with E-state index in [0.29, 0.717) is 11.4 Å². The summed E-state index contributed by atoms with van der Waals surface area (Å²) in [6.45, 7) is 2.80. The van der Waals surface area contributed by atoms with Crippen LogP contribution in [0.15, 0.2) is 24.5 Å². The van der Waals surface area contributed by atoms with Gasteiger partial charge in [0.05, 0.1) is 6.04 Å². The molecule has 6 heteroatoms. The number of rotatable bonds is 3. The Hall–Kier alpha value is -2.37. The molecular formula is C13H15N5O. The Morgan fingerprint density at radius 3 is 3.16 bits per heavy atom. The van der Waals surface area contributed by atoms with Crippen molar-refractivity contribution in [2.24, 2.45) is 0 Å². The number of aromatic amines is 1. The maximum Gasteiger partial charge on any atom is 0.251 e. The third-order valence-corrected chi connectivity index (χ3v) is 3.27. The number of hydrogen-bond donors (Lipinski definition) is 3. The summed E-state index contributed by atoms with van der Waals surface area (Å²) in [5.74, 6) is 0.535. The Kier molecular flexibility index (Phi) is 2.91. The molecule has 1 aliphatic heterocycles. The fraction of sp³-hybridized carbons (Fsp3) is 0.308. The molecule has 0 saturated carbocycles. The van der Waals surface area contributed by atoms with Gasteiger partial charge in [0.2, 0.25) is 0 Å². The topological polar surface area (TPSA) is 82.7 Å². The molecule has 1 aliphatic rings. The summed E-state index contributed by atoms with van der Waals surface area (Å²) >= 11 is 0. The largest absolute Gasteiger partial charge is 0.384 e. The van der Waals surface area contributed by atoms with Crippen molar-refractivity contribution in [2.45, 2.75) is 19.4 Å². The number of nitrogens with zero attached hydrogens (tertiary/aromatic N) is 2. The Bertz CT molecular complexity index is 593. The molecule has 3 N–H and O–H groups in total. The minimum absolute atomic E-state index is 0.111. The average Bonchev–Trinajstić information content (AvgIpc) is 3.09. The third-order valence-electron chi connectivity index (χ3n) is 3.27. The van der Waals surface area contributed by atoms with Crippen molar-refractivity contribution in [1.29, 1.82) is 0 Å². The van der Waals surface area contributed by atoms with Crippen LogP contribution in [0.4, 0.5) is 5.69 Å². The molecule has 98 valence electrons. The van der Waals surface area contributed by atoms with Gasteiger partial charge in [-0.15, -0.1) is 0 Å². The molecule has 1 amide bonds. The maximum atomic E-state index is 12.1. The predicted molar refractivity (Wildman–Crippen MR) is 70.9 cm³/mol. The van der Waals surface area contributed by atoms with E-state index in [2.05, 4.69) is 25.8 Å². The zero-order valence-electron chi connectivity index (χ0n) is 10.6. The summed E-state index contributed by atoms with van der Waals surface area (Å²) in [4.78, 5) is 16.2.